The quantitative estimate of drug-likeness (QED) is 0.425. The Morgan fingerprint density at radius 2 is 1.34 bits per heavy atom. The fraction of sp³-hybridized carbons (Fsp3) is 0.517. The Morgan fingerprint density at radius 1 is 0.857 bits per heavy atom. The Balaban J connectivity index is 0. The fourth-order valence-corrected chi connectivity index (χ4v) is 3.77. The van der Waals surface area contributed by atoms with Crippen LogP contribution in [0.1, 0.15) is 72.3 Å². The molecule has 1 aliphatic carbocycles. The van der Waals surface area contributed by atoms with E-state index in [-0.39, 0.29) is 5.79 Å². The van der Waals surface area contributed by atoms with E-state index in [0.29, 0.717) is 5.56 Å². The van der Waals surface area contributed by atoms with Gasteiger partial charge in [-0.1, -0.05) is 70.9 Å². The lowest BCUT2D eigenvalue weighted by molar-refractivity contribution is -0.182. The summed E-state index contributed by atoms with van der Waals surface area (Å²) < 4.78 is 37.4. The molecule has 1 aliphatic heterocycles. The van der Waals surface area contributed by atoms with Gasteiger partial charge in [0.1, 0.15) is 25.2 Å². The Bertz CT molecular complexity index is 763. The summed E-state index contributed by atoms with van der Waals surface area (Å²) in [5.74, 6) is -0.309. The molecule has 0 atom stereocenters. The molecular weight excluding hydrogens is 450 g/mol. The zero-order chi connectivity index (χ0) is 27.3. The van der Waals surface area contributed by atoms with Gasteiger partial charge in [-0.3, -0.25) is 0 Å². The van der Waals surface area contributed by atoms with Crippen molar-refractivity contribution in [3.05, 3.63) is 59.7 Å². The number of rotatable bonds is 2. The average Bonchev–Trinajstić information content (AvgIpc) is 3.38. The van der Waals surface area contributed by atoms with Gasteiger partial charge in [-0.2, -0.15) is 0 Å². The van der Waals surface area contributed by atoms with E-state index in [2.05, 4.69) is 6.92 Å². The zero-order valence-corrected chi connectivity index (χ0v) is 22.4. The maximum atomic E-state index is 13.4. The van der Waals surface area contributed by atoms with E-state index < -0.39 is 11.6 Å². The van der Waals surface area contributed by atoms with Crippen LogP contribution in [0.4, 0.5) is 8.78 Å². The van der Waals surface area contributed by atoms with Crippen LogP contribution < -0.4 is 0 Å². The minimum atomic E-state index is -0.552. The molecule has 2 aromatic carbocycles. The molecule has 35 heavy (non-hydrogen) atoms. The second kappa shape index (κ2) is 20.9. The topological polar surface area (TPSA) is 52.6 Å². The first-order valence-electron chi connectivity index (χ1n) is 12.4. The van der Waals surface area contributed by atoms with Gasteiger partial charge in [-0.05, 0) is 43.4 Å². The van der Waals surface area contributed by atoms with Gasteiger partial charge in [0.25, 0.3) is 0 Å². The van der Waals surface area contributed by atoms with Gasteiger partial charge in [0.15, 0.2) is 5.79 Å². The number of halogens is 2. The molecular formula is C29H44F2O4. The van der Waals surface area contributed by atoms with Crippen LogP contribution in [0.15, 0.2) is 42.5 Å². The highest BCUT2D eigenvalue weighted by Crippen LogP contribution is 2.39. The molecule has 1 heterocycles. The highest BCUT2D eigenvalue weighted by atomic mass is 19.1. The maximum Gasteiger partial charge on any atom is 0.168 e. The molecule has 0 N–H and O–H groups in total. The van der Waals surface area contributed by atoms with Gasteiger partial charge in [0.2, 0.25) is 0 Å². The molecule has 0 bridgehead atoms. The van der Waals surface area contributed by atoms with Crippen molar-refractivity contribution in [3.8, 4) is 11.1 Å². The van der Waals surface area contributed by atoms with Crippen molar-refractivity contribution >= 4 is 13.6 Å². The molecule has 6 heteroatoms. The molecule has 4 nitrogen and oxygen atoms in total. The van der Waals surface area contributed by atoms with E-state index >= 15 is 0 Å². The Labute approximate surface area is 211 Å². The normalized spacial score (nSPS) is 15.2. The minimum Gasteiger partial charge on any atom is -0.348 e. The van der Waals surface area contributed by atoms with Crippen LogP contribution in [0, 0.1) is 24.5 Å². The lowest BCUT2D eigenvalue weighted by atomic mass is 9.84. The lowest BCUT2D eigenvalue weighted by Crippen LogP contribution is -2.34. The summed E-state index contributed by atoms with van der Waals surface area (Å²) in [6, 6.07) is 11.1. The predicted molar refractivity (Wildman–Crippen MR) is 140 cm³/mol. The third-order valence-electron chi connectivity index (χ3n) is 5.55. The summed E-state index contributed by atoms with van der Waals surface area (Å²) in [6.07, 6.45) is 6.13. The number of aryl methyl sites for hydroxylation is 1. The molecule has 0 amide bonds. The third kappa shape index (κ3) is 12.2. The zero-order valence-electron chi connectivity index (χ0n) is 22.4. The fourth-order valence-electron chi connectivity index (χ4n) is 3.77. The third-order valence-corrected chi connectivity index (χ3v) is 5.55. The van der Waals surface area contributed by atoms with Crippen molar-refractivity contribution < 1.29 is 27.8 Å². The predicted octanol–water partition coefficient (Wildman–Crippen LogP) is 7.95. The van der Waals surface area contributed by atoms with Crippen molar-refractivity contribution in [2.45, 2.75) is 79.4 Å². The van der Waals surface area contributed by atoms with Crippen molar-refractivity contribution in [1.29, 1.82) is 0 Å². The number of hydrogen-bond donors (Lipinski definition) is 0. The highest BCUT2D eigenvalue weighted by molar-refractivity contribution is 5.64. The van der Waals surface area contributed by atoms with Crippen LogP contribution >= 0.6 is 0 Å². The Kier molecular flexibility index (Phi) is 20.7. The molecule has 4 rings (SSSR count). The number of hydrogen-bond acceptors (Lipinski definition) is 4. The summed E-state index contributed by atoms with van der Waals surface area (Å²) in [5.41, 5.74) is 2.30. The molecule has 2 aliphatic rings. The smallest absolute Gasteiger partial charge is 0.168 e. The summed E-state index contributed by atoms with van der Waals surface area (Å²) in [7, 11) is 0. The van der Waals surface area contributed by atoms with Crippen molar-refractivity contribution in [2.24, 2.45) is 5.92 Å². The molecule has 198 valence electrons. The van der Waals surface area contributed by atoms with E-state index in [1.165, 1.54) is 31.4 Å². The number of carbonyl (C=O) groups is 2. The van der Waals surface area contributed by atoms with Gasteiger partial charge >= 0.3 is 0 Å². The van der Waals surface area contributed by atoms with Gasteiger partial charge < -0.3 is 19.1 Å². The molecule has 0 aromatic heterocycles. The minimum absolute atomic E-state index is 0.147. The first kappa shape index (κ1) is 34.7. The monoisotopic (exact) mass is 494 g/mol. The first-order valence-corrected chi connectivity index (χ1v) is 12.4. The molecule has 0 unspecified atom stereocenters. The molecule has 1 spiro atoms. The van der Waals surface area contributed by atoms with Crippen molar-refractivity contribution in [3.63, 3.8) is 0 Å². The van der Waals surface area contributed by atoms with Crippen molar-refractivity contribution in [1.82, 2.24) is 0 Å². The molecule has 2 fully saturated rings. The van der Waals surface area contributed by atoms with Gasteiger partial charge in [-0.25, -0.2) is 8.78 Å². The summed E-state index contributed by atoms with van der Waals surface area (Å²) in [4.78, 5) is 16.0. The van der Waals surface area contributed by atoms with Crippen LogP contribution in [0.3, 0.4) is 0 Å². The van der Waals surface area contributed by atoms with Gasteiger partial charge in [0.05, 0.1) is 13.2 Å². The largest absolute Gasteiger partial charge is 0.348 e. The van der Waals surface area contributed by atoms with Gasteiger partial charge in [-0.15, -0.1) is 0 Å². The second-order valence-electron chi connectivity index (χ2n) is 7.45. The second-order valence-corrected chi connectivity index (χ2v) is 7.45. The maximum absolute atomic E-state index is 13.4. The molecule has 1 saturated heterocycles. The van der Waals surface area contributed by atoms with Crippen LogP contribution in [0.25, 0.3) is 11.1 Å². The van der Waals surface area contributed by atoms with E-state index in [1.807, 2.05) is 72.5 Å². The summed E-state index contributed by atoms with van der Waals surface area (Å²) in [5, 5.41) is 0. The molecule has 2 aromatic rings. The highest BCUT2D eigenvalue weighted by Gasteiger charge is 2.39. The van der Waals surface area contributed by atoms with Crippen LogP contribution in [-0.2, 0) is 19.1 Å². The van der Waals surface area contributed by atoms with E-state index in [9.17, 15) is 8.78 Å². The van der Waals surface area contributed by atoms with Crippen LogP contribution in [0.5, 0.6) is 0 Å². The average molecular weight is 495 g/mol. The SMILES string of the molecule is C=O.C=O.CC.CC.CCC1CCC2(CC1)OCCO2.Cc1ccc(-c2ccc(F)cc2F)cc1. The van der Waals surface area contributed by atoms with Crippen molar-refractivity contribution in [2.75, 3.05) is 13.2 Å². The Hall–Kier alpha value is -2.44. The van der Waals surface area contributed by atoms with E-state index in [1.54, 1.807) is 0 Å². The summed E-state index contributed by atoms with van der Waals surface area (Å²) >= 11 is 0. The van der Waals surface area contributed by atoms with E-state index in [4.69, 9.17) is 19.1 Å². The standard InChI is InChI=1S/C13H10F2.C10H18O2.2C2H6.2CH2O/c1-9-2-4-10(5-3-9)12-7-6-11(14)8-13(12)15;1-2-9-3-5-10(6-4-9)11-7-8-12-10;4*1-2/h2-8H,1H3;9H,2-8H2,1H3;2*1-2H3;2*1H2. The van der Waals surface area contributed by atoms with Crippen LogP contribution in [-0.4, -0.2) is 32.6 Å². The molecule has 1 saturated carbocycles. The molecule has 0 radical (unpaired) electrons. The first-order chi connectivity index (χ1) is 17.0. The number of carbonyl (C=O) groups excluding carboxylic acids is 2. The Morgan fingerprint density at radius 3 is 1.77 bits per heavy atom. The lowest BCUT2D eigenvalue weighted by Gasteiger charge is -2.34. The van der Waals surface area contributed by atoms with Crippen LogP contribution in [0.2, 0.25) is 0 Å². The van der Waals surface area contributed by atoms with E-state index in [0.717, 1.165) is 49.2 Å². The number of ether oxygens (including phenoxy) is 2. The van der Waals surface area contributed by atoms with Gasteiger partial charge in [0, 0.05) is 24.5 Å². The summed E-state index contributed by atoms with van der Waals surface area (Å²) in [6.45, 7) is 17.8. The number of benzene rings is 2.